The zero-order valence-corrected chi connectivity index (χ0v) is 15.8. The summed E-state index contributed by atoms with van der Waals surface area (Å²) in [5, 5.41) is 2.65. The van der Waals surface area contributed by atoms with Gasteiger partial charge in [-0.2, -0.15) is 0 Å². The summed E-state index contributed by atoms with van der Waals surface area (Å²) >= 11 is 0. The number of likely N-dealkylation sites (tertiary alicyclic amines) is 1. The predicted molar refractivity (Wildman–Crippen MR) is 95.6 cm³/mol. The number of Topliss-reactive ketones (excluding diaryl/α,β-unsaturated/α-hetero) is 1. The van der Waals surface area contributed by atoms with Crippen LogP contribution in [0.3, 0.4) is 0 Å². The van der Waals surface area contributed by atoms with E-state index in [1.807, 2.05) is 20.8 Å². The number of carbonyl (C=O) groups excluding carboxylic acids is 4. The third kappa shape index (κ3) is 4.81. The van der Waals surface area contributed by atoms with Crippen molar-refractivity contribution in [3.63, 3.8) is 0 Å². The Morgan fingerprint density at radius 2 is 1.77 bits per heavy atom. The Kier molecular flexibility index (Phi) is 6.05. The Balaban J connectivity index is 2.07. The average molecular weight is 366 g/mol. The molecule has 3 atom stereocenters. The average Bonchev–Trinajstić information content (AvgIpc) is 3.23. The van der Waals surface area contributed by atoms with E-state index in [1.54, 1.807) is 0 Å². The molecule has 1 saturated heterocycles. The third-order valence-corrected chi connectivity index (χ3v) is 5.18. The molecular formula is C18H30N4O4. The molecule has 2 aliphatic rings. The second-order valence-corrected chi connectivity index (χ2v) is 8.50. The monoisotopic (exact) mass is 366 g/mol. The van der Waals surface area contributed by atoms with E-state index in [0.29, 0.717) is 31.7 Å². The highest BCUT2D eigenvalue weighted by Gasteiger charge is 2.41. The number of nitrogens with two attached hydrogens (primary N) is 2. The van der Waals surface area contributed by atoms with Crippen LogP contribution in [0.1, 0.15) is 52.9 Å². The topological polar surface area (TPSA) is 136 Å². The van der Waals surface area contributed by atoms with Crippen LogP contribution < -0.4 is 16.8 Å². The van der Waals surface area contributed by atoms with Gasteiger partial charge >= 0.3 is 0 Å². The molecule has 1 heterocycles. The van der Waals surface area contributed by atoms with Crippen molar-refractivity contribution in [2.75, 3.05) is 6.54 Å². The van der Waals surface area contributed by atoms with Crippen LogP contribution in [0.4, 0.5) is 0 Å². The fourth-order valence-electron chi connectivity index (χ4n) is 3.21. The maximum absolute atomic E-state index is 12.7. The number of primary amides is 1. The van der Waals surface area contributed by atoms with Gasteiger partial charge in [0.15, 0.2) is 0 Å². The van der Waals surface area contributed by atoms with Crippen LogP contribution in [0.5, 0.6) is 0 Å². The fraction of sp³-hybridized carbons (Fsp3) is 0.778. The van der Waals surface area contributed by atoms with Crippen molar-refractivity contribution in [1.29, 1.82) is 0 Å². The van der Waals surface area contributed by atoms with Gasteiger partial charge in [-0.05, 0) is 30.6 Å². The number of nitrogens with one attached hydrogen (secondary N) is 1. The SMILES string of the molecule is CC(C)(C)[C@H](N)C(=O)N1CCC[C@H]1C(=O)NC(CC1CC1)C(=O)C(N)=O. The molecule has 0 aromatic carbocycles. The van der Waals surface area contributed by atoms with Crippen molar-refractivity contribution in [3.05, 3.63) is 0 Å². The van der Waals surface area contributed by atoms with Gasteiger partial charge < -0.3 is 21.7 Å². The molecule has 2 fully saturated rings. The summed E-state index contributed by atoms with van der Waals surface area (Å²) in [5.74, 6) is -2.19. The molecule has 0 aromatic rings. The highest BCUT2D eigenvalue weighted by atomic mass is 16.2. The van der Waals surface area contributed by atoms with E-state index in [-0.39, 0.29) is 5.91 Å². The third-order valence-electron chi connectivity index (χ3n) is 5.18. The second-order valence-electron chi connectivity index (χ2n) is 8.50. The summed E-state index contributed by atoms with van der Waals surface area (Å²) in [4.78, 5) is 50.2. The van der Waals surface area contributed by atoms with E-state index >= 15 is 0 Å². The summed E-state index contributed by atoms with van der Waals surface area (Å²) in [5.41, 5.74) is 10.7. The second kappa shape index (κ2) is 7.73. The van der Waals surface area contributed by atoms with Crippen LogP contribution >= 0.6 is 0 Å². The molecule has 0 spiro atoms. The van der Waals surface area contributed by atoms with E-state index in [9.17, 15) is 19.2 Å². The molecule has 1 saturated carbocycles. The molecule has 0 bridgehead atoms. The van der Waals surface area contributed by atoms with Gasteiger partial charge in [-0.15, -0.1) is 0 Å². The molecular weight excluding hydrogens is 336 g/mol. The maximum atomic E-state index is 12.7. The summed E-state index contributed by atoms with van der Waals surface area (Å²) in [6.07, 6.45) is 3.57. The number of rotatable bonds is 7. The van der Waals surface area contributed by atoms with Crippen molar-refractivity contribution in [3.8, 4) is 0 Å². The van der Waals surface area contributed by atoms with Gasteiger partial charge in [0.2, 0.25) is 17.6 Å². The van der Waals surface area contributed by atoms with Crippen molar-refractivity contribution in [1.82, 2.24) is 10.2 Å². The Bertz CT molecular complexity index is 594. The molecule has 1 aliphatic carbocycles. The van der Waals surface area contributed by atoms with Crippen molar-refractivity contribution >= 4 is 23.5 Å². The standard InChI is InChI=1S/C18H30N4O4/c1-18(2,3)14(19)17(26)22-8-4-5-12(22)16(25)21-11(9-10-6-7-10)13(23)15(20)24/h10-12,14H,4-9,19H2,1-3H3,(H2,20,24)(H,21,25)/t11?,12-,14+/m0/s1. The van der Waals surface area contributed by atoms with Crippen LogP contribution in [0.25, 0.3) is 0 Å². The van der Waals surface area contributed by atoms with Gasteiger partial charge in [0, 0.05) is 6.54 Å². The van der Waals surface area contributed by atoms with Crippen LogP contribution in [0, 0.1) is 11.3 Å². The number of hydrogen-bond acceptors (Lipinski definition) is 5. The van der Waals surface area contributed by atoms with E-state index in [0.717, 1.165) is 12.8 Å². The lowest BCUT2D eigenvalue weighted by molar-refractivity contribution is -0.143. The molecule has 146 valence electrons. The van der Waals surface area contributed by atoms with Gasteiger partial charge in [-0.3, -0.25) is 19.2 Å². The van der Waals surface area contributed by atoms with Crippen LogP contribution in [0.15, 0.2) is 0 Å². The van der Waals surface area contributed by atoms with Gasteiger partial charge in [0.25, 0.3) is 5.91 Å². The van der Waals surface area contributed by atoms with Crippen molar-refractivity contribution < 1.29 is 19.2 Å². The molecule has 8 nitrogen and oxygen atoms in total. The molecule has 5 N–H and O–H groups in total. The Morgan fingerprint density at radius 3 is 2.27 bits per heavy atom. The van der Waals surface area contributed by atoms with Crippen LogP contribution in [-0.2, 0) is 19.2 Å². The van der Waals surface area contributed by atoms with E-state index in [1.165, 1.54) is 4.90 Å². The number of nitrogens with zero attached hydrogens (tertiary/aromatic N) is 1. The number of ketones is 1. The number of amides is 3. The van der Waals surface area contributed by atoms with Gasteiger partial charge in [0.1, 0.15) is 6.04 Å². The molecule has 1 unspecified atom stereocenters. The summed E-state index contributed by atoms with van der Waals surface area (Å²) in [6.45, 7) is 6.07. The normalized spacial score (nSPS) is 22.6. The van der Waals surface area contributed by atoms with Gasteiger partial charge in [-0.1, -0.05) is 33.6 Å². The zero-order valence-electron chi connectivity index (χ0n) is 15.8. The highest BCUT2D eigenvalue weighted by Crippen LogP contribution is 2.34. The minimum atomic E-state index is -1.05. The summed E-state index contributed by atoms with van der Waals surface area (Å²) in [6, 6.07) is -2.30. The first-order chi connectivity index (χ1) is 12.0. The first kappa shape index (κ1) is 20.4. The molecule has 0 aromatic heterocycles. The van der Waals surface area contributed by atoms with Gasteiger partial charge in [0.05, 0.1) is 12.1 Å². The lowest BCUT2D eigenvalue weighted by atomic mass is 9.86. The van der Waals surface area contributed by atoms with E-state index in [2.05, 4.69) is 5.32 Å². The Hall–Kier alpha value is -1.96. The lowest BCUT2D eigenvalue weighted by Crippen LogP contribution is -2.57. The molecule has 3 amide bonds. The first-order valence-electron chi connectivity index (χ1n) is 9.22. The van der Waals surface area contributed by atoms with Crippen molar-refractivity contribution in [2.24, 2.45) is 22.8 Å². The zero-order chi connectivity index (χ0) is 19.6. The highest BCUT2D eigenvalue weighted by molar-refractivity contribution is 6.37. The molecule has 0 radical (unpaired) electrons. The summed E-state index contributed by atoms with van der Waals surface area (Å²) in [7, 11) is 0. The number of carbonyl (C=O) groups is 4. The minimum Gasteiger partial charge on any atom is -0.363 e. The summed E-state index contributed by atoms with van der Waals surface area (Å²) < 4.78 is 0. The number of hydrogen-bond donors (Lipinski definition) is 3. The lowest BCUT2D eigenvalue weighted by Gasteiger charge is -2.33. The minimum absolute atomic E-state index is 0.268. The predicted octanol–water partition coefficient (Wildman–Crippen LogP) is -0.310. The van der Waals surface area contributed by atoms with Crippen LogP contribution in [-0.4, -0.2) is 53.1 Å². The Labute approximate surface area is 154 Å². The maximum Gasteiger partial charge on any atom is 0.287 e. The largest absolute Gasteiger partial charge is 0.363 e. The molecule has 26 heavy (non-hydrogen) atoms. The van der Waals surface area contributed by atoms with E-state index < -0.39 is 41.1 Å². The molecule has 8 heteroatoms. The first-order valence-corrected chi connectivity index (χ1v) is 9.22. The smallest absolute Gasteiger partial charge is 0.287 e. The van der Waals surface area contributed by atoms with Gasteiger partial charge in [-0.25, -0.2) is 0 Å². The Morgan fingerprint density at radius 1 is 1.15 bits per heavy atom. The van der Waals surface area contributed by atoms with Crippen LogP contribution in [0.2, 0.25) is 0 Å². The molecule has 1 aliphatic heterocycles. The van der Waals surface area contributed by atoms with E-state index in [4.69, 9.17) is 11.5 Å². The molecule has 2 rings (SSSR count). The van der Waals surface area contributed by atoms with Crippen molar-refractivity contribution in [2.45, 2.75) is 71.0 Å². The quantitative estimate of drug-likeness (QED) is 0.531. The fourth-order valence-corrected chi connectivity index (χ4v) is 3.21.